The van der Waals surface area contributed by atoms with Gasteiger partial charge in [0.2, 0.25) is 23.0 Å². The summed E-state index contributed by atoms with van der Waals surface area (Å²) in [6.07, 6.45) is 9.44. The van der Waals surface area contributed by atoms with Crippen LogP contribution < -0.4 is 21.7 Å². The van der Waals surface area contributed by atoms with E-state index >= 15 is 0 Å². The summed E-state index contributed by atoms with van der Waals surface area (Å²) in [6, 6.07) is 53.4. The number of nitrogens with one attached hydrogen (secondary N) is 3. The molecule has 2 fully saturated rings. The fraction of sp³-hybridized carbons (Fsp3) is 0.194. The summed E-state index contributed by atoms with van der Waals surface area (Å²) >= 11 is 17.4. The Morgan fingerprint density at radius 3 is 1.44 bits per heavy atom. The minimum absolute atomic E-state index is 0.0386. The predicted octanol–water partition coefficient (Wildman–Crippen LogP) is 11.6. The van der Waals surface area contributed by atoms with E-state index in [-0.39, 0.29) is 23.1 Å². The molecule has 2 aliphatic rings. The maximum absolute atomic E-state index is 11.3. The molecule has 18 nitrogen and oxygen atoms in total. The molecule has 6 heterocycles. The number of anilines is 3. The van der Waals surface area contributed by atoms with Gasteiger partial charge in [-0.05, 0) is 96.2 Å². The molecule has 0 saturated carbocycles. The predicted molar refractivity (Wildman–Crippen MR) is 338 cm³/mol. The van der Waals surface area contributed by atoms with Gasteiger partial charge in [-0.15, -0.1) is 0 Å². The molecule has 0 bridgehead atoms. The van der Waals surface area contributed by atoms with Crippen LogP contribution in [0.2, 0.25) is 15.3 Å². The monoisotopic (exact) mass is 1240 g/mol. The molecule has 2 atom stereocenters. The van der Waals surface area contributed by atoms with Crippen LogP contribution in [-0.4, -0.2) is 106 Å². The highest BCUT2D eigenvalue weighted by atomic mass is 35.5. The second-order valence-electron chi connectivity index (χ2n) is 19.8. The van der Waals surface area contributed by atoms with Crippen LogP contribution in [0, 0.1) is 0 Å². The summed E-state index contributed by atoms with van der Waals surface area (Å²) in [7, 11) is 0. The molecule has 5 N–H and O–H groups in total. The normalized spacial score (nSPS) is 14.5. The van der Waals surface area contributed by atoms with Crippen LogP contribution in [0.5, 0.6) is 0 Å². The fourth-order valence-electron chi connectivity index (χ4n) is 10.1. The van der Waals surface area contributed by atoms with Crippen molar-refractivity contribution < 1.29 is 26.4 Å². The SMILES string of the molecule is CC(=O)Nc1ccc(CN2CC[C@@H](N)C2)cc1.CC(=O)Nc1ccc(CN2CC[C@@H](Nc3ncc(Cl)c(-c4cn(-c5ccccc5)c5ccccc45)n3)C2)cc1.Clc1ncc(Cl)c(-c2cn(-c3ccccc3)c3ccccc23)n1.O=S=O.O=S=O. The van der Waals surface area contributed by atoms with Crippen LogP contribution in [0.15, 0.2) is 183 Å². The molecular formula is C62H59Cl3N12O6S2. The molecule has 4 aromatic heterocycles. The maximum atomic E-state index is 11.3. The number of hydrogen-bond acceptors (Lipinski definition) is 14. The first-order valence-corrected chi connectivity index (χ1v) is 29.3. The van der Waals surface area contributed by atoms with E-state index in [2.05, 4.69) is 129 Å². The highest BCUT2D eigenvalue weighted by Crippen LogP contribution is 2.37. The van der Waals surface area contributed by atoms with Crippen LogP contribution in [0.4, 0.5) is 17.3 Å². The number of nitrogens with two attached hydrogens (primary N) is 1. The van der Waals surface area contributed by atoms with Crippen molar-refractivity contribution in [1.82, 2.24) is 38.9 Å². The van der Waals surface area contributed by atoms with Gasteiger partial charge in [0, 0.05) is 122 Å². The lowest BCUT2D eigenvalue weighted by Gasteiger charge is -2.17. The van der Waals surface area contributed by atoms with Gasteiger partial charge >= 0.3 is 23.1 Å². The number of fused-ring (bicyclic) bond motifs is 2. The number of para-hydroxylation sites is 4. The molecular weight excluding hydrogens is 1180 g/mol. The van der Waals surface area contributed by atoms with Crippen molar-refractivity contribution in [3.63, 3.8) is 0 Å². The summed E-state index contributed by atoms with van der Waals surface area (Å²) < 4.78 is 37.5. The number of amides is 2. The van der Waals surface area contributed by atoms with E-state index in [0.29, 0.717) is 33.4 Å². The number of aromatic nitrogens is 6. The van der Waals surface area contributed by atoms with E-state index in [9.17, 15) is 9.59 Å². The Balaban J connectivity index is 0.000000173. The van der Waals surface area contributed by atoms with Gasteiger partial charge in [0.25, 0.3) is 0 Å². The summed E-state index contributed by atoms with van der Waals surface area (Å²) in [4.78, 5) is 44.5. The Labute approximate surface area is 513 Å². The van der Waals surface area contributed by atoms with Gasteiger partial charge in [-0.3, -0.25) is 19.4 Å². The summed E-state index contributed by atoms with van der Waals surface area (Å²) in [5.74, 6) is 0.478. The number of carbonyl (C=O) groups excluding carboxylic acids is 2. The molecule has 2 aliphatic heterocycles. The summed E-state index contributed by atoms with van der Waals surface area (Å²) in [6.45, 7) is 8.75. The van der Waals surface area contributed by atoms with Gasteiger partial charge in [-0.1, -0.05) is 120 Å². The van der Waals surface area contributed by atoms with Crippen molar-refractivity contribution in [2.75, 3.05) is 42.1 Å². The van der Waals surface area contributed by atoms with Gasteiger partial charge < -0.3 is 30.8 Å². The van der Waals surface area contributed by atoms with E-state index in [4.69, 9.17) is 62.4 Å². The van der Waals surface area contributed by atoms with Crippen LogP contribution in [0.1, 0.15) is 37.8 Å². The number of likely N-dealkylation sites (tertiary alicyclic amines) is 2. The van der Waals surface area contributed by atoms with Gasteiger partial charge in [0.05, 0.1) is 44.9 Å². The first kappa shape index (κ1) is 62.7. The van der Waals surface area contributed by atoms with Crippen molar-refractivity contribution in [3.05, 3.63) is 209 Å². The Morgan fingerprint density at radius 1 is 0.553 bits per heavy atom. The number of hydrogen-bond donors (Lipinski definition) is 4. The number of rotatable bonds is 12. The van der Waals surface area contributed by atoms with Gasteiger partial charge in [0.1, 0.15) is 0 Å². The maximum Gasteiger partial charge on any atom is 0.335 e. The molecule has 6 aromatic carbocycles. The molecule has 2 saturated heterocycles. The molecule has 85 heavy (non-hydrogen) atoms. The largest absolute Gasteiger partial charge is 0.350 e. The molecule has 10 aromatic rings. The molecule has 436 valence electrons. The highest BCUT2D eigenvalue weighted by Gasteiger charge is 2.25. The number of carbonyl (C=O) groups is 2. The Morgan fingerprint density at radius 2 is 0.976 bits per heavy atom. The molecule has 0 aliphatic carbocycles. The minimum atomic E-state index is -0.750. The van der Waals surface area contributed by atoms with Crippen molar-refractivity contribution in [2.24, 2.45) is 5.73 Å². The summed E-state index contributed by atoms with van der Waals surface area (Å²) in [5, 5.41) is 12.4. The molecule has 0 unspecified atom stereocenters. The third-order valence-electron chi connectivity index (χ3n) is 13.7. The number of halogens is 3. The average molecular weight is 1240 g/mol. The van der Waals surface area contributed by atoms with E-state index in [1.165, 1.54) is 31.2 Å². The lowest BCUT2D eigenvalue weighted by atomic mass is 10.1. The lowest BCUT2D eigenvalue weighted by molar-refractivity contribution is -0.115. The number of nitrogens with zero attached hydrogens (tertiary/aromatic N) is 8. The zero-order valence-electron chi connectivity index (χ0n) is 46.2. The lowest BCUT2D eigenvalue weighted by Crippen LogP contribution is -2.26. The Bertz CT molecular complexity index is 3930. The molecule has 0 radical (unpaired) electrons. The quantitative estimate of drug-likeness (QED) is 0.0834. The molecule has 0 spiro atoms. The smallest absolute Gasteiger partial charge is 0.335 e. The Kier molecular flexibility index (Phi) is 22.9. The summed E-state index contributed by atoms with van der Waals surface area (Å²) in [5.41, 5.74) is 17.6. The second kappa shape index (κ2) is 31.0. The van der Waals surface area contributed by atoms with Crippen molar-refractivity contribution in [2.45, 2.75) is 51.9 Å². The average Bonchev–Trinajstić information content (AvgIpc) is 4.47. The van der Waals surface area contributed by atoms with E-state index in [1.807, 2.05) is 91.1 Å². The van der Waals surface area contributed by atoms with E-state index in [0.717, 1.165) is 108 Å². The third kappa shape index (κ3) is 17.4. The first-order valence-electron chi connectivity index (χ1n) is 26.8. The molecule has 23 heteroatoms. The van der Waals surface area contributed by atoms with Crippen LogP contribution in [-0.2, 0) is 45.8 Å². The van der Waals surface area contributed by atoms with Crippen molar-refractivity contribution >= 4 is 109 Å². The van der Waals surface area contributed by atoms with Crippen LogP contribution in [0.25, 0.3) is 55.7 Å². The molecule has 2 amide bonds. The van der Waals surface area contributed by atoms with Crippen molar-refractivity contribution in [3.8, 4) is 33.9 Å². The van der Waals surface area contributed by atoms with Crippen LogP contribution >= 0.6 is 34.8 Å². The van der Waals surface area contributed by atoms with Gasteiger partial charge in [-0.25, -0.2) is 19.9 Å². The fourth-order valence-corrected chi connectivity index (χ4v) is 10.6. The third-order valence-corrected chi connectivity index (χ3v) is 14.5. The highest BCUT2D eigenvalue weighted by molar-refractivity contribution is 7.52. The second-order valence-corrected chi connectivity index (χ2v) is 21.2. The first-order chi connectivity index (χ1) is 41.2. The Hall–Kier alpha value is -8.31. The zero-order chi connectivity index (χ0) is 60.2. The van der Waals surface area contributed by atoms with Crippen molar-refractivity contribution in [1.29, 1.82) is 0 Å². The number of benzene rings is 6. The molecule has 12 rings (SSSR count). The van der Waals surface area contributed by atoms with Crippen LogP contribution in [0.3, 0.4) is 0 Å². The minimum Gasteiger partial charge on any atom is -0.350 e. The van der Waals surface area contributed by atoms with E-state index < -0.39 is 23.1 Å². The topological polar surface area (TPSA) is 232 Å². The van der Waals surface area contributed by atoms with Gasteiger partial charge in [0.15, 0.2) is 0 Å². The van der Waals surface area contributed by atoms with Gasteiger partial charge in [-0.2, -0.15) is 16.8 Å². The standard InChI is InChI=1S/C31H29ClN6O.C18H11Cl2N3.C13H19N3O.2O2S/c1-21(39)34-23-13-11-22(12-14-23)18-37-16-15-24(19-37)35-31-33-17-28(32)30(36-31)27-20-38(25-7-3-2-4-8-25)29-10-6-5-9-26(27)29;19-15-10-21-18(20)22-17(15)14-11-23(12-6-2-1-3-7-12)16-9-5-4-8-13(14)16;1-10(17)15-13-4-2-11(3-5-13)8-16-7-6-12(14)9-16;2*1-3-2/h2-14,17,20,24H,15-16,18-19H2,1H3,(H,34,39)(H,33,35,36);1-11H;2-5,12H,6-9,14H2,1H3,(H,15,17);;/t24-;;12-;;/m1.1../s1. The van der Waals surface area contributed by atoms with E-state index in [1.54, 1.807) is 6.20 Å². The zero-order valence-corrected chi connectivity index (χ0v) is 50.1.